The van der Waals surface area contributed by atoms with Crippen molar-refractivity contribution in [3.8, 4) is 5.75 Å². The zero-order valence-electron chi connectivity index (χ0n) is 19.2. The van der Waals surface area contributed by atoms with Crippen molar-refractivity contribution in [3.63, 3.8) is 0 Å². The number of halogens is 3. The maximum Gasteiger partial charge on any atom is 0.335 e. The van der Waals surface area contributed by atoms with Crippen LogP contribution in [0, 0.1) is 6.92 Å². The Hall–Kier alpha value is -3.85. The Labute approximate surface area is 226 Å². The third-order valence-electron chi connectivity index (χ3n) is 5.29. The fraction of sp³-hybridized carbons (Fsp3) is 0.0769. The molecule has 0 saturated carbocycles. The summed E-state index contributed by atoms with van der Waals surface area (Å²) in [5.41, 5.74) is 1.54. The molecule has 0 aromatic heterocycles. The van der Waals surface area contributed by atoms with Gasteiger partial charge in [-0.1, -0.05) is 59.1 Å². The first-order valence-electron chi connectivity index (χ1n) is 10.8. The third kappa shape index (κ3) is 5.94. The van der Waals surface area contributed by atoms with Crippen LogP contribution in [0.25, 0.3) is 6.08 Å². The lowest BCUT2D eigenvalue weighted by atomic mass is 10.1. The van der Waals surface area contributed by atoms with Crippen molar-refractivity contribution in [2.75, 3.05) is 16.8 Å². The molecule has 188 valence electrons. The highest BCUT2D eigenvalue weighted by Gasteiger charge is 2.37. The number of para-hydroxylation sites is 1. The fourth-order valence-electron chi connectivity index (χ4n) is 3.40. The number of benzene rings is 3. The van der Waals surface area contributed by atoms with E-state index in [0.717, 1.165) is 10.5 Å². The average molecular weight is 559 g/mol. The number of nitrogens with one attached hydrogen (secondary N) is 2. The molecule has 3 aromatic rings. The van der Waals surface area contributed by atoms with Crippen LogP contribution < -0.4 is 20.3 Å². The van der Waals surface area contributed by atoms with Gasteiger partial charge in [-0.2, -0.15) is 0 Å². The highest BCUT2D eigenvalue weighted by atomic mass is 35.5. The van der Waals surface area contributed by atoms with Crippen LogP contribution in [0.2, 0.25) is 15.1 Å². The number of ether oxygens (including phenoxy) is 1. The van der Waals surface area contributed by atoms with Crippen LogP contribution in [-0.4, -0.2) is 30.4 Å². The number of aryl methyl sites for hydroxylation is 1. The molecule has 4 rings (SSSR count). The lowest BCUT2D eigenvalue weighted by molar-refractivity contribution is -0.122. The second-order valence-electron chi connectivity index (χ2n) is 7.90. The number of nitrogens with zero attached hydrogens (tertiary/aromatic N) is 1. The molecule has 3 aromatic carbocycles. The van der Waals surface area contributed by atoms with E-state index in [4.69, 9.17) is 39.5 Å². The standard InChI is InChI=1S/C26H18Cl3N3O5/c1-14-6-8-16(12-19(14)28)32-25(35)17(24(34)31-26(32)36)10-15-7-9-22(20(29)11-15)37-13-23(33)30-21-5-3-2-4-18(21)27/h2-12H,13H2,1H3,(H,30,33)(H,31,34,36)/b17-10+. The van der Waals surface area contributed by atoms with Crippen LogP contribution in [0.15, 0.2) is 66.2 Å². The summed E-state index contributed by atoms with van der Waals surface area (Å²) in [5, 5.41) is 5.67. The van der Waals surface area contributed by atoms with Gasteiger partial charge in [-0.25, -0.2) is 9.69 Å². The van der Waals surface area contributed by atoms with E-state index in [1.165, 1.54) is 24.3 Å². The van der Waals surface area contributed by atoms with E-state index in [1.54, 1.807) is 49.4 Å². The van der Waals surface area contributed by atoms with Gasteiger partial charge in [0.15, 0.2) is 6.61 Å². The minimum atomic E-state index is -0.885. The number of rotatable bonds is 6. The quantitative estimate of drug-likeness (QED) is 0.301. The maximum atomic E-state index is 13.1. The normalized spacial score (nSPS) is 14.5. The van der Waals surface area contributed by atoms with E-state index < -0.39 is 23.8 Å². The SMILES string of the molecule is Cc1ccc(N2C(=O)NC(=O)/C(=C\c3ccc(OCC(=O)Nc4ccccc4Cl)c(Cl)c3)C2=O)cc1Cl. The highest BCUT2D eigenvalue weighted by Crippen LogP contribution is 2.29. The molecule has 1 aliphatic rings. The van der Waals surface area contributed by atoms with Crippen LogP contribution in [0.3, 0.4) is 0 Å². The van der Waals surface area contributed by atoms with Gasteiger partial charge in [-0.3, -0.25) is 19.7 Å². The van der Waals surface area contributed by atoms with Crippen molar-refractivity contribution < 1.29 is 23.9 Å². The van der Waals surface area contributed by atoms with Crippen LogP contribution in [-0.2, 0) is 14.4 Å². The van der Waals surface area contributed by atoms with Gasteiger partial charge in [-0.05, 0) is 60.5 Å². The van der Waals surface area contributed by atoms with Crippen molar-refractivity contribution in [3.05, 3.63) is 92.4 Å². The molecular formula is C26H18Cl3N3O5. The third-order valence-corrected chi connectivity index (χ3v) is 6.32. The molecule has 11 heteroatoms. The minimum Gasteiger partial charge on any atom is -0.482 e. The first-order valence-corrected chi connectivity index (χ1v) is 11.9. The van der Waals surface area contributed by atoms with Crippen LogP contribution in [0.4, 0.5) is 16.2 Å². The zero-order valence-corrected chi connectivity index (χ0v) is 21.4. The summed E-state index contributed by atoms with van der Waals surface area (Å²) in [5.74, 6) is -1.90. The minimum absolute atomic E-state index is 0.141. The Balaban J connectivity index is 1.49. The van der Waals surface area contributed by atoms with Gasteiger partial charge in [0.1, 0.15) is 11.3 Å². The lowest BCUT2D eigenvalue weighted by Gasteiger charge is -2.26. The van der Waals surface area contributed by atoms with Crippen molar-refractivity contribution in [2.24, 2.45) is 0 Å². The van der Waals surface area contributed by atoms with Crippen molar-refractivity contribution in [1.82, 2.24) is 5.32 Å². The van der Waals surface area contributed by atoms with Crippen LogP contribution in [0.5, 0.6) is 5.75 Å². The Morgan fingerprint density at radius 1 is 0.973 bits per heavy atom. The number of carbonyl (C=O) groups is 4. The number of imide groups is 2. The van der Waals surface area contributed by atoms with Crippen molar-refractivity contribution in [1.29, 1.82) is 0 Å². The van der Waals surface area contributed by atoms with Gasteiger partial charge < -0.3 is 10.1 Å². The first-order chi connectivity index (χ1) is 17.6. The summed E-state index contributed by atoms with van der Waals surface area (Å²) >= 11 is 18.5. The van der Waals surface area contributed by atoms with E-state index >= 15 is 0 Å². The number of anilines is 2. The maximum absolute atomic E-state index is 13.1. The highest BCUT2D eigenvalue weighted by molar-refractivity contribution is 6.40. The van der Waals surface area contributed by atoms with E-state index in [1.807, 2.05) is 0 Å². The molecule has 0 spiro atoms. The molecule has 5 amide bonds. The topological polar surface area (TPSA) is 105 Å². The summed E-state index contributed by atoms with van der Waals surface area (Å²) in [7, 11) is 0. The number of hydrogen-bond donors (Lipinski definition) is 2. The molecular weight excluding hydrogens is 541 g/mol. The zero-order chi connectivity index (χ0) is 26.7. The van der Waals surface area contributed by atoms with E-state index in [0.29, 0.717) is 21.3 Å². The van der Waals surface area contributed by atoms with Gasteiger partial charge >= 0.3 is 6.03 Å². The number of hydrogen-bond acceptors (Lipinski definition) is 5. The van der Waals surface area contributed by atoms with Crippen LogP contribution in [0.1, 0.15) is 11.1 Å². The summed E-state index contributed by atoms with van der Waals surface area (Å²) in [6.45, 7) is 1.45. The van der Waals surface area contributed by atoms with Gasteiger partial charge in [0.25, 0.3) is 17.7 Å². The Morgan fingerprint density at radius 2 is 1.73 bits per heavy atom. The molecule has 1 heterocycles. The molecule has 0 aliphatic carbocycles. The summed E-state index contributed by atoms with van der Waals surface area (Å²) < 4.78 is 5.49. The predicted molar refractivity (Wildman–Crippen MR) is 142 cm³/mol. The molecule has 0 unspecified atom stereocenters. The summed E-state index contributed by atoms with van der Waals surface area (Å²) in [6.07, 6.45) is 1.30. The Bertz CT molecular complexity index is 1470. The molecule has 0 atom stereocenters. The van der Waals surface area contributed by atoms with Crippen molar-refractivity contribution in [2.45, 2.75) is 6.92 Å². The molecule has 37 heavy (non-hydrogen) atoms. The van der Waals surface area contributed by atoms with Gasteiger partial charge in [0.05, 0.1) is 21.4 Å². The van der Waals surface area contributed by atoms with E-state index in [-0.39, 0.29) is 28.6 Å². The number of barbiturate groups is 1. The Morgan fingerprint density at radius 3 is 2.43 bits per heavy atom. The number of urea groups is 1. The molecule has 2 N–H and O–H groups in total. The van der Waals surface area contributed by atoms with Gasteiger partial charge in [-0.15, -0.1) is 0 Å². The molecule has 1 aliphatic heterocycles. The smallest absolute Gasteiger partial charge is 0.335 e. The van der Waals surface area contributed by atoms with E-state index in [2.05, 4.69) is 10.6 Å². The number of carbonyl (C=O) groups excluding carboxylic acids is 4. The number of amides is 5. The predicted octanol–water partition coefficient (Wildman–Crippen LogP) is 5.64. The monoisotopic (exact) mass is 557 g/mol. The van der Waals surface area contributed by atoms with Crippen molar-refractivity contribution >= 4 is 76.0 Å². The average Bonchev–Trinajstić information content (AvgIpc) is 2.84. The van der Waals surface area contributed by atoms with Gasteiger partial charge in [0.2, 0.25) is 0 Å². The second-order valence-corrected chi connectivity index (χ2v) is 9.12. The molecule has 0 radical (unpaired) electrons. The largest absolute Gasteiger partial charge is 0.482 e. The first kappa shape index (κ1) is 26.2. The summed E-state index contributed by atoms with van der Waals surface area (Å²) in [6, 6.07) is 15.1. The van der Waals surface area contributed by atoms with Crippen LogP contribution >= 0.6 is 34.8 Å². The molecule has 1 saturated heterocycles. The molecule has 1 fully saturated rings. The molecule has 0 bridgehead atoms. The fourth-order valence-corrected chi connectivity index (χ4v) is 4.00. The summed E-state index contributed by atoms with van der Waals surface area (Å²) in [4.78, 5) is 50.9. The second kappa shape index (κ2) is 11.0. The van der Waals surface area contributed by atoms with Gasteiger partial charge in [0, 0.05) is 5.02 Å². The Kier molecular flexibility index (Phi) is 7.83. The lowest BCUT2D eigenvalue weighted by Crippen LogP contribution is -2.54. The van der Waals surface area contributed by atoms with E-state index in [9.17, 15) is 19.2 Å². The molecule has 8 nitrogen and oxygen atoms in total.